The van der Waals surface area contributed by atoms with E-state index in [1.165, 1.54) is 4.90 Å². The number of nitrogens with zero attached hydrogens (tertiary/aromatic N) is 1. The molecular formula is C11H13NO3. The molecule has 4 nitrogen and oxygen atoms in total. The molecule has 1 aromatic carbocycles. The number of rotatable bonds is 4. The maximum atomic E-state index is 11.6. The summed E-state index contributed by atoms with van der Waals surface area (Å²) in [5.41, 5.74) is 0.545. The molecule has 1 aromatic rings. The van der Waals surface area contributed by atoms with Crippen molar-refractivity contribution in [1.29, 1.82) is 0 Å². The molecule has 0 fully saturated rings. The number of ether oxygens (including phenoxy) is 1. The Balaban J connectivity index is 2.82. The first kappa shape index (κ1) is 11.2. The van der Waals surface area contributed by atoms with Gasteiger partial charge in [-0.3, -0.25) is 9.59 Å². The van der Waals surface area contributed by atoms with Crippen LogP contribution >= 0.6 is 0 Å². The molecule has 0 unspecified atom stereocenters. The van der Waals surface area contributed by atoms with Crippen molar-refractivity contribution in [2.24, 2.45) is 0 Å². The zero-order chi connectivity index (χ0) is 11.3. The van der Waals surface area contributed by atoms with Gasteiger partial charge < -0.3 is 9.64 Å². The van der Waals surface area contributed by atoms with Gasteiger partial charge in [0.1, 0.15) is 12.4 Å². The van der Waals surface area contributed by atoms with E-state index >= 15 is 0 Å². The number of aldehydes is 1. The number of hydrogen-bond donors (Lipinski definition) is 0. The molecule has 0 atom stereocenters. The van der Waals surface area contributed by atoms with Gasteiger partial charge in [-0.05, 0) is 18.2 Å². The first-order chi connectivity index (χ1) is 7.15. The summed E-state index contributed by atoms with van der Waals surface area (Å²) in [5, 5.41) is 0. The predicted octanol–water partition coefficient (Wildman–Crippen LogP) is 0.966. The quantitative estimate of drug-likeness (QED) is 0.691. The Morgan fingerprint density at radius 1 is 1.47 bits per heavy atom. The maximum Gasteiger partial charge on any atom is 0.253 e. The van der Waals surface area contributed by atoms with Crippen molar-refractivity contribution in [3.8, 4) is 5.75 Å². The minimum atomic E-state index is -0.0912. The highest BCUT2D eigenvalue weighted by Gasteiger charge is 2.08. The van der Waals surface area contributed by atoms with Crippen LogP contribution in [-0.4, -0.2) is 37.8 Å². The molecule has 4 heteroatoms. The lowest BCUT2D eigenvalue weighted by Crippen LogP contribution is -2.21. The van der Waals surface area contributed by atoms with Gasteiger partial charge >= 0.3 is 0 Å². The summed E-state index contributed by atoms with van der Waals surface area (Å²) in [5.74, 6) is 0.432. The molecule has 15 heavy (non-hydrogen) atoms. The Morgan fingerprint density at radius 2 is 2.20 bits per heavy atom. The van der Waals surface area contributed by atoms with Crippen LogP contribution in [0.2, 0.25) is 0 Å². The van der Waals surface area contributed by atoms with Crippen molar-refractivity contribution in [3.63, 3.8) is 0 Å². The number of hydrogen-bond acceptors (Lipinski definition) is 3. The van der Waals surface area contributed by atoms with Crippen LogP contribution in [0.1, 0.15) is 10.4 Å². The second-order valence-corrected chi connectivity index (χ2v) is 3.21. The summed E-state index contributed by atoms with van der Waals surface area (Å²) < 4.78 is 5.09. The van der Waals surface area contributed by atoms with Crippen molar-refractivity contribution < 1.29 is 14.3 Å². The molecular weight excluding hydrogens is 194 g/mol. The van der Waals surface area contributed by atoms with Crippen LogP contribution in [0.3, 0.4) is 0 Å². The van der Waals surface area contributed by atoms with Gasteiger partial charge in [0.05, 0.1) is 0 Å². The lowest BCUT2D eigenvalue weighted by atomic mass is 10.2. The summed E-state index contributed by atoms with van der Waals surface area (Å²) in [6.45, 7) is -0.000389. The first-order valence-corrected chi connectivity index (χ1v) is 4.53. The van der Waals surface area contributed by atoms with E-state index in [9.17, 15) is 9.59 Å². The zero-order valence-corrected chi connectivity index (χ0v) is 8.77. The normalized spacial score (nSPS) is 9.47. The van der Waals surface area contributed by atoms with E-state index in [1.54, 1.807) is 38.4 Å². The molecule has 1 amide bonds. The van der Waals surface area contributed by atoms with Crippen LogP contribution in [0.15, 0.2) is 24.3 Å². The SMILES string of the molecule is CN(C)C(=O)c1cccc(OCC=O)c1. The summed E-state index contributed by atoms with van der Waals surface area (Å²) >= 11 is 0. The third-order valence-electron chi connectivity index (χ3n) is 1.81. The minimum Gasteiger partial charge on any atom is -0.486 e. The Morgan fingerprint density at radius 3 is 2.80 bits per heavy atom. The molecule has 0 aliphatic carbocycles. The van der Waals surface area contributed by atoms with Gasteiger partial charge in [-0.25, -0.2) is 0 Å². The molecule has 80 valence electrons. The van der Waals surface area contributed by atoms with Gasteiger partial charge in [-0.15, -0.1) is 0 Å². The number of carbonyl (C=O) groups is 2. The van der Waals surface area contributed by atoms with Gasteiger partial charge in [0.2, 0.25) is 0 Å². The molecule has 0 N–H and O–H groups in total. The van der Waals surface area contributed by atoms with Crippen LogP contribution in [-0.2, 0) is 4.79 Å². The molecule has 0 aromatic heterocycles. The van der Waals surface area contributed by atoms with E-state index < -0.39 is 0 Å². The second kappa shape index (κ2) is 5.14. The van der Waals surface area contributed by atoms with Gasteiger partial charge in [0, 0.05) is 19.7 Å². The number of benzene rings is 1. The summed E-state index contributed by atoms with van der Waals surface area (Å²) in [6, 6.07) is 6.74. The average molecular weight is 207 g/mol. The monoisotopic (exact) mass is 207 g/mol. The Bertz CT molecular complexity index is 361. The van der Waals surface area contributed by atoms with E-state index in [4.69, 9.17) is 4.74 Å². The predicted molar refractivity (Wildman–Crippen MR) is 56.0 cm³/mol. The largest absolute Gasteiger partial charge is 0.486 e. The average Bonchev–Trinajstić information content (AvgIpc) is 2.25. The lowest BCUT2D eigenvalue weighted by molar-refractivity contribution is -0.109. The maximum absolute atomic E-state index is 11.6. The summed E-state index contributed by atoms with van der Waals surface area (Å²) in [7, 11) is 3.36. The fourth-order valence-electron chi connectivity index (χ4n) is 1.11. The second-order valence-electron chi connectivity index (χ2n) is 3.21. The number of carbonyl (C=O) groups excluding carboxylic acids is 2. The Kier molecular flexibility index (Phi) is 3.85. The number of amides is 1. The third kappa shape index (κ3) is 3.09. The molecule has 0 heterocycles. The smallest absolute Gasteiger partial charge is 0.253 e. The van der Waals surface area contributed by atoms with Crippen LogP contribution in [0, 0.1) is 0 Å². The molecule has 0 aliphatic rings. The van der Waals surface area contributed by atoms with E-state index in [2.05, 4.69) is 0 Å². The van der Waals surface area contributed by atoms with Gasteiger partial charge in [0.25, 0.3) is 5.91 Å². The third-order valence-corrected chi connectivity index (χ3v) is 1.81. The van der Waals surface area contributed by atoms with Crippen LogP contribution in [0.25, 0.3) is 0 Å². The van der Waals surface area contributed by atoms with E-state index in [-0.39, 0.29) is 12.5 Å². The molecule has 0 saturated heterocycles. The highest BCUT2D eigenvalue weighted by atomic mass is 16.5. The summed E-state index contributed by atoms with van der Waals surface area (Å²) in [4.78, 5) is 23.2. The lowest BCUT2D eigenvalue weighted by Gasteiger charge is -2.11. The standard InChI is InChI=1S/C11H13NO3/c1-12(2)11(14)9-4-3-5-10(8-9)15-7-6-13/h3-6,8H,7H2,1-2H3. The molecule has 0 saturated carbocycles. The van der Waals surface area contributed by atoms with Gasteiger partial charge in [0.15, 0.2) is 6.29 Å². The van der Waals surface area contributed by atoms with Crippen molar-refractivity contribution in [3.05, 3.63) is 29.8 Å². The van der Waals surface area contributed by atoms with E-state index in [1.807, 2.05) is 0 Å². The van der Waals surface area contributed by atoms with Crippen molar-refractivity contribution >= 4 is 12.2 Å². The highest BCUT2D eigenvalue weighted by molar-refractivity contribution is 5.94. The Labute approximate surface area is 88.5 Å². The van der Waals surface area contributed by atoms with Crippen molar-refractivity contribution in [2.45, 2.75) is 0 Å². The van der Waals surface area contributed by atoms with Gasteiger partial charge in [-0.2, -0.15) is 0 Å². The topological polar surface area (TPSA) is 46.6 Å². The Hall–Kier alpha value is -1.84. The van der Waals surface area contributed by atoms with Crippen LogP contribution in [0.4, 0.5) is 0 Å². The minimum absolute atomic E-state index is 0.000389. The van der Waals surface area contributed by atoms with Crippen LogP contribution in [0.5, 0.6) is 5.75 Å². The fourth-order valence-corrected chi connectivity index (χ4v) is 1.11. The molecule has 1 rings (SSSR count). The highest BCUT2D eigenvalue weighted by Crippen LogP contribution is 2.13. The van der Waals surface area contributed by atoms with Crippen molar-refractivity contribution in [2.75, 3.05) is 20.7 Å². The summed E-state index contributed by atoms with van der Waals surface area (Å²) in [6.07, 6.45) is 0.667. The van der Waals surface area contributed by atoms with E-state index in [0.717, 1.165) is 0 Å². The molecule has 0 aliphatic heterocycles. The van der Waals surface area contributed by atoms with Gasteiger partial charge in [-0.1, -0.05) is 6.07 Å². The first-order valence-electron chi connectivity index (χ1n) is 4.53. The molecule has 0 bridgehead atoms. The van der Waals surface area contributed by atoms with E-state index in [0.29, 0.717) is 17.6 Å². The zero-order valence-electron chi connectivity index (χ0n) is 8.77. The molecule has 0 spiro atoms. The molecule has 0 radical (unpaired) electrons. The van der Waals surface area contributed by atoms with Crippen molar-refractivity contribution in [1.82, 2.24) is 4.90 Å². The fraction of sp³-hybridized carbons (Fsp3) is 0.273. The van der Waals surface area contributed by atoms with Crippen LogP contribution < -0.4 is 4.74 Å².